The van der Waals surface area contributed by atoms with Gasteiger partial charge in [-0.2, -0.15) is 0 Å². The summed E-state index contributed by atoms with van der Waals surface area (Å²) in [5.74, 6) is 0.258. The standard InChI is InChI=1S/C17H14FN3O3/c18-12-3-5-13(6-4-12)24-11-10-19-15-7-8-16(21(22)23)14-2-1-9-20-17(14)15/h1-9,19H,10-11H2. The third-order valence-corrected chi connectivity index (χ3v) is 3.44. The lowest BCUT2D eigenvalue weighted by Crippen LogP contribution is -2.12. The monoisotopic (exact) mass is 327 g/mol. The fourth-order valence-electron chi connectivity index (χ4n) is 2.34. The molecular formula is C17H14FN3O3. The SMILES string of the molecule is O=[N+]([O-])c1ccc(NCCOc2ccc(F)cc2)c2ncccc12. The largest absolute Gasteiger partial charge is 0.492 e. The number of anilines is 1. The van der Waals surface area contributed by atoms with Crippen LogP contribution in [0.4, 0.5) is 15.8 Å². The summed E-state index contributed by atoms with van der Waals surface area (Å²) in [6, 6.07) is 12.2. The molecule has 1 N–H and O–H groups in total. The van der Waals surface area contributed by atoms with E-state index in [4.69, 9.17) is 4.74 Å². The molecule has 3 aromatic rings. The summed E-state index contributed by atoms with van der Waals surface area (Å²) in [6.07, 6.45) is 1.59. The lowest BCUT2D eigenvalue weighted by Gasteiger charge is -2.10. The van der Waals surface area contributed by atoms with Crippen molar-refractivity contribution in [3.63, 3.8) is 0 Å². The van der Waals surface area contributed by atoms with Gasteiger partial charge in [0.25, 0.3) is 5.69 Å². The van der Waals surface area contributed by atoms with Gasteiger partial charge in [0.2, 0.25) is 0 Å². The number of hydrogen-bond acceptors (Lipinski definition) is 5. The zero-order valence-corrected chi connectivity index (χ0v) is 12.6. The van der Waals surface area contributed by atoms with Gasteiger partial charge in [-0.3, -0.25) is 15.1 Å². The minimum absolute atomic E-state index is 0.0196. The van der Waals surface area contributed by atoms with Crippen LogP contribution in [0.2, 0.25) is 0 Å². The quantitative estimate of drug-likeness (QED) is 0.423. The van der Waals surface area contributed by atoms with Gasteiger partial charge in [0.1, 0.15) is 23.7 Å². The maximum Gasteiger partial charge on any atom is 0.278 e. The fraction of sp³-hybridized carbons (Fsp3) is 0.118. The van der Waals surface area contributed by atoms with Gasteiger partial charge in [-0.1, -0.05) is 0 Å². The molecule has 6 nitrogen and oxygen atoms in total. The molecule has 24 heavy (non-hydrogen) atoms. The second kappa shape index (κ2) is 6.91. The van der Waals surface area contributed by atoms with Crippen molar-refractivity contribution in [2.45, 2.75) is 0 Å². The molecule has 122 valence electrons. The van der Waals surface area contributed by atoms with Crippen molar-refractivity contribution in [1.82, 2.24) is 4.98 Å². The number of benzene rings is 2. The Morgan fingerprint density at radius 2 is 1.96 bits per heavy atom. The number of nitrogens with zero attached hydrogens (tertiary/aromatic N) is 2. The van der Waals surface area contributed by atoms with E-state index >= 15 is 0 Å². The summed E-state index contributed by atoms with van der Waals surface area (Å²) in [6.45, 7) is 0.831. The molecular weight excluding hydrogens is 313 g/mol. The molecule has 7 heteroatoms. The number of nitro groups is 1. The molecule has 2 aromatic carbocycles. The van der Waals surface area contributed by atoms with E-state index in [1.807, 2.05) is 0 Å². The van der Waals surface area contributed by atoms with Crippen LogP contribution in [0.25, 0.3) is 10.9 Å². The van der Waals surface area contributed by atoms with Crippen LogP contribution in [0, 0.1) is 15.9 Å². The maximum absolute atomic E-state index is 12.8. The molecule has 0 aliphatic heterocycles. The smallest absolute Gasteiger partial charge is 0.278 e. The predicted molar refractivity (Wildman–Crippen MR) is 88.8 cm³/mol. The fourth-order valence-corrected chi connectivity index (χ4v) is 2.34. The predicted octanol–water partition coefficient (Wildman–Crippen LogP) is 3.77. The second-order valence-corrected chi connectivity index (χ2v) is 5.02. The average Bonchev–Trinajstić information content (AvgIpc) is 2.60. The van der Waals surface area contributed by atoms with Gasteiger partial charge in [0, 0.05) is 18.8 Å². The minimum atomic E-state index is -0.425. The maximum atomic E-state index is 12.8. The molecule has 0 fully saturated rings. The van der Waals surface area contributed by atoms with E-state index in [0.717, 1.165) is 0 Å². The van der Waals surface area contributed by atoms with E-state index in [2.05, 4.69) is 10.3 Å². The van der Waals surface area contributed by atoms with E-state index in [9.17, 15) is 14.5 Å². The summed E-state index contributed by atoms with van der Waals surface area (Å²) in [7, 11) is 0. The molecule has 1 heterocycles. The summed E-state index contributed by atoms with van der Waals surface area (Å²) in [4.78, 5) is 14.9. The topological polar surface area (TPSA) is 77.3 Å². The van der Waals surface area contributed by atoms with Crippen LogP contribution >= 0.6 is 0 Å². The molecule has 0 radical (unpaired) electrons. The highest BCUT2D eigenvalue weighted by Gasteiger charge is 2.14. The van der Waals surface area contributed by atoms with Crippen molar-refractivity contribution in [3.05, 3.63) is 70.7 Å². The lowest BCUT2D eigenvalue weighted by atomic mass is 10.1. The first-order valence-corrected chi connectivity index (χ1v) is 7.29. The van der Waals surface area contributed by atoms with Gasteiger partial charge in [0.15, 0.2) is 0 Å². The Balaban J connectivity index is 1.68. The van der Waals surface area contributed by atoms with E-state index in [-0.39, 0.29) is 11.5 Å². The number of fused-ring (bicyclic) bond motifs is 1. The van der Waals surface area contributed by atoms with Crippen LogP contribution in [0.3, 0.4) is 0 Å². The van der Waals surface area contributed by atoms with Crippen molar-refractivity contribution in [2.75, 3.05) is 18.5 Å². The highest BCUT2D eigenvalue weighted by Crippen LogP contribution is 2.29. The second-order valence-electron chi connectivity index (χ2n) is 5.02. The molecule has 0 bridgehead atoms. The molecule has 0 aliphatic rings. The number of rotatable bonds is 6. The van der Waals surface area contributed by atoms with Crippen molar-refractivity contribution in [1.29, 1.82) is 0 Å². The first kappa shape index (κ1) is 15.7. The van der Waals surface area contributed by atoms with Crippen LogP contribution in [0.15, 0.2) is 54.7 Å². The Labute approximate surface area is 137 Å². The Kier molecular flexibility index (Phi) is 4.51. The Bertz CT molecular complexity index is 869. The van der Waals surface area contributed by atoms with Gasteiger partial charge in [-0.15, -0.1) is 0 Å². The Hall–Kier alpha value is -3.22. The van der Waals surface area contributed by atoms with Crippen LogP contribution in [-0.2, 0) is 0 Å². The first-order chi connectivity index (χ1) is 11.6. The van der Waals surface area contributed by atoms with Gasteiger partial charge in [-0.05, 0) is 42.5 Å². The van der Waals surface area contributed by atoms with Gasteiger partial charge in [-0.25, -0.2) is 4.39 Å². The zero-order chi connectivity index (χ0) is 16.9. The van der Waals surface area contributed by atoms with Crippen molar-refractivity contribution in [2.24, 2.45) is 0 Å². The minimum Gasteiger partial charge on any atom is -0.492 e. The lowest BCUT2D eigenvalue weighted by molar-refractivity contribution is -0.383. The van der Waals surface area contributed by atoms with Crippen LogP contribution in [-0.4, -0.2) is 23.1 Å². The highest BCUT2D eigenvalue weighted by molar-refractivity contribution is 5.96. The molecule has 0 saturated heterocycles. The molecule has 3 rings (SSSR count). The number of aromatic nitrogens is 1. The molecule has 0 amide bonds. The number of nitro benzene ring substituents is 1. The van der Waals surface area contributed by atoms with E-state index < -0.39 is 4.92 Å². The molecule has 0 spiro atoms. The Morgan fingerprint density at radius 1 is 1.17 bits per heavy atom. The van der Waals surface area contributed by atoms with E-state index in [1.54, 1.807) is 36.5 Å². The van der Waals surface area contributed by atoms with Crippen LogP contribution < -0.4 is 10.1 Å². The van der Waals surface area contributed by atoms with Gasteiger partial charge >= 0.3 is 0 Å². The number of ether oxygens (including phenoxy) is 1. The Morgan fingerprint density at radius 3 is 2.71 bits per heavy atom. The summed E-state index contributed by atoms with van der Waals surface area (Å²) < 4.78 is 18.3. The third-order valence-electron chi connectivity index (χ3n) is 3.44. The molecule has 0 saturated carbocycles. The van der Waals surface area contributed by atoms with Crippen molar-refractivity contribution < 1.29 is 14.1 Å². The van der Waals surface area contributed by atoms with E-state index in [0.29, 0.717) is 35.5 Å². The number of non-ortho nitro benzene ring substituents is 1. The molecule has 1 aromatic heterocycles. The van der Waals surface area contributed by atoms with Crippen molar-refractivity contribution in [3.8, 4) is 5.75 Å². The summed E-state index contributed by atoms with van der Waals surface area (Å²) in [5, 5.41) is 14.7. The van der Waals surface area contributed by atoms with Crippen LogP contribution in [0.1, 0.15) is 0 Å². The van der Waals surface area contributed by atoms with Crippen molar-refractivity contribution >= 4 is 22.3 Å². The highest BCUT2D eigenvalue weighted by atomic mass is 19.1. The normalized spacial score (nSPS) is 10.5. The van der Waals surface area contributed by atoms with Crippen LogP contribution in [0.5, 0.6) is 5.75 Å². The van der Waals surface area contributed by atoms with Gasteiger partial charge < -0.3 is 10.1 Å². The molecule has 0 aliphatic carbocycles. The summed E-state index contributed by atoms with van der Waals surface area (Å²) >= 11 is 0. The number of halogens is 1. The number of nitrogens with one attached hydrogen (secondary N) is 1. The summed E-state index contributed by atoms with van der Waals surface area (Å²) in [5.41, 5.74) is 1.25. The molecule has 0 atom stereocenters. The third kappa shape index (κ3) is 3.40. The first-order valence-electron chi connectivity index (χ1n) is 7.29. The van der Waals surface area contributed by atoms with E-state index in [1.165, 1.54) is 18.2 Å². The molecule has 0 unspecified atom stereocenters. The number of pyridine rings is 1. The average molecular weight is 327 g/mol. The number of hydrogen-bond donors (Lipinski definition) is 1. The van der Waals surface area contributed by atoms with Gasteiger partial charge in [0.05, 0.1) is 16.0 Å². The zero-order valence-electron chi connectivity index (χ0n) is 12.6.